The van der Waals surface area contributed by atoms with Gasteiger partial charge in [0, 0.05) is 0 Å². The number of carbonyl (C=O) groups is 3. The minimum absolute atomic E-state index is 0.190. The number of ether oxygens (including phenoxy) is 3. The maximum absolute atomic E-state index is 12.4. The molecule has 0 fully saturated rings. The highest BCUT2D eigenvalue weighted by Gasteiger charge is 2.19. The summed E-state index contributed by atoms with van der Waals surface area (Å²) in [4.78, 5) is 36.7. The maximum Gasteiger partial charge on any atom is 0.342 e. The number of hydrogen-bond acceptors (Lipinski definition) is 6. The first-order valence-corrected chi connectivity index (χ1v) is 8.74. The van der Waals surface area contributed by atoms with Gasteiger partial charge in [-0.15, -0.1) is 0 Å². The lowest BCUT2D eigenvalue weighted by Crippen LogP contribution is -2.34. The Hall–Kier alpha value is -3.87. The van der Waals surface area contributed by atoms with Crippen molar-refractivity contribution in [2.24, 2.45) is 0 Å². The highest BCUT2D eigenvalue weighted by atomic mass is 16.5. The highest BCUT2D eigenvalue weighted by molar-refractivity contribution is 6.07. The molecule has 0 aliphatic rings. The first kappa shape index (κ1) is 19.9. The Bertz CT molecular complexity index is 1080. The Kier molecular flexibility index (Phi) is 6.09. The predicted octanol–water partition coefficient (Wildman–Crippen LogP) is 2.97. The first-order chi connectivity index (χ1) is 14.0. The summed E-state index contributed by atoms with van der Waals surface area (Å²) >= 11 is 0. The number of rotatable bonds is 6. The van der Waals surface area contributed by atoms with E-state index in [1.165, 1.54) is 20.3 Å². The van der Waals surface area contributed by atoms with Gasteiger partial charge in [0.25, 0.3) is 11.8 Å². The van der Waals surface area contributed by atoms with E-state index in [0.717, 1.165) is 10.8 Å². The van der Waals surface area contributed by atoms with Crippen LogP contribution >= 0.6 is 0 Å². The number of carbonyl (C=O) groups excluding carboxylic acids is 3. The molecular weight excluding hydrogens is 374 g/mol. The van der Waals surface area contributed by atoms with Gasteiger partial charge in [-0.1, -0.05) is 36.4 Å². The molecule has 0 heterocycles. The topological polar surface area (TPSA) is 90.9 Å². The van der Waals surface area contributed by atoms with Crippen molar-refractivity contribution in [2.45, 2.75) is 0 Å². The summed E-state index contributed by atoms with van der Waals surface area (Å²) in [5, 5.41) is 3.90. The van der Waals surface area contributed by atoms with Crippen LogP contribution in [0.3, 0.4) is 0 Å². The number of nitrogens with one attached hydrogen (secondary N) is 1. The first-order valence-electron chi connectivity index (χ1n) is 8.74. The quantitative estimate of drug-likeness (QED) is 0.648. The van der Waals surface area contributed by atoms with Crippen molar-refractivity contribution in [1.29, 1.82) is 0 Å². The van der Waals surface area contributed by atoms with Crippen LogP contribution in [0.4, 0.5) is 0 Å². The average Bonchev–Trinajstić information content (AvgIpc) is 2.76. The van der Waals surface area contributed by atoms with Crippen molar-refractivity contribution in [1.82, 2.24) is 5.32 Å². The van der Waals surface area contributed by atoms with Gasteiger partial charge in [-0.2, -0.15) is 0 Å². The van der Waals surface area contributed by atoms with Gasteiger partial charge in [0.15, 0.2) is 6.61 Å². The Morgan fingerprint density at radius 3 is 2.10 bits per heavy atom. The number of imide groups is 1. The molecule has 3 aromatic rings. The fraction of sp³-hybridized carbons (Fsp3) is 0.136. The minimum Gasteiger partial charge on any atom is -0.496 e. The van der Waals surface area contributed by atoms with E-state index in [1.807, 2.05) is 24.3 Å². The van der Waals surface area contributed by atoms with E-state index >= 15 is 0 Å². The van der Waals surface area contributed by atoms with E-state index in [-0.39, 0.29) is 11.1 Å². The van der Waals surface area contributed by atoms with Crippen molar-refractivity contribution in [3.05, 3.63) is 71.8 Å². The van der Waals surface area contributed by atoms with Gasteiger partial charge in [-0.05, 0) is 35.0 Å². The molecule has 0 saturated heterocycles. The average molecular weight is 393 g/mol. The zero-order valence-electron chi connectivity index (χ0n) is 15.9. The van der Waals surface area contributed by atoms with Crippen molar-refractivity contribution in [3.8, 4) is 11.5 Å². The maximum atomic E-state index is 12.4. The number of amides is 2. The van der Waals surface area contributed by atoms with Gasteiger partial charge in [-0.3, -0.25) is 14.9 Å². The third kappa shape index (κ3) is 4.52. The van der Waals surface area contributed by atoms with E-state index in [9.17, 15) is 14.4 Å². The van der Waals surface area contributed by atoms with Crippen molar-refractivity contribution in [2.75, 3.05) is 20.8 Å². The molecule has 1 N–H and O–H groups in total. The Morgan fingerprint density at radius 1 is 0.793 bits per heavy atom. The summed E-state index contributed by atoms with van der Waals surface area (Å²) in [6.45, 7) is -0.615. The number of benzene rings is 3. The van der Waals surface area contributed by atoms with Crippen LogP contribution in [-0.4, -0.2) is 38.6 Å². The molecule has 148 valence electrons. The fourth-order valence-electron chi connectivity index (χ4n) is 2.82. The lowest BCUT2D eigenvalue weighted by atomic mass is 10.1. The second-order valence-electron chi connectivity index (χ2n) is 6.05. The molecule has 29 heavy (non-hydrogen) atoms. The van der Waals surface area contributed by atoms with Gasteiger partial charge < -0.3 is 14.2 Å². The second kappa shape index (κ2) is 8.88. The molecular formula is C22H19NO6. The van der Waals surface area contributed by atoms with Gasteiger partial charge >= 0.3 is 5.97 Å². The third-order valence-electron chi connectivity index (χ3n) is 4.23. The van der Waals surface area contributed by atoms with E-state index in [1.54, 1.807) is 30.3 Å². The molecule has 7 nitrogen and oxygen atoms in total. The second-order valence-corrected chi connectivity index (χ2v) is 6.05. The summed E-state index contributed by atoms with van der Waals surface area (Å²) in [5.41, 5.74) is 0.390. The summed E-state index contributed by atoms with van der Waals surface area (Å²) in [6, 6.07) is 17.3. The molecule has 0 spiro atoms. The van der Waals surface area contributed by atoms with E-state index in [0.29, 0.717) is 11.5 Å². The number of methoxy groups -OCH3 is 2. The lowest BCUT2D eigenvalue weighted by molar-refractivity contribution is -0.123. The Morgan fingerprint density at radius 2 is 1.41 bits per heavy atom. The van der Waals surface area contributed by atoms with Crippen LogP contribution in [-0.2, 0) is 9.53 Å². The molecule has 2 amide bonds. The third-order valence-corrected chi connectivity index (χ3v) is 4.23. The number of hydrogen-bond donors (Lipinski definition) is 1. The molecule has 0 saturated carbocycles. The molecule has 0 unspecified atom stereocenters. The molecule has 3 rings (SSSR count). The van der Waals surface area contributed by atoms with Crippen LogP contribution in [0.15, 0.2) is 60.7 Å². The van der Waals surface area contributed by atoms with Crippen LogP contribution in [0.5, 0.6) is 11.5 Å². The van der Waals surface area contributed by atoms with Gasteiger partial charge in [0.2, 0.25) is 0 Å². The van der Waals surface area contributed by atoms with Crippen LogP contribution in [0.25, 0.3) is 10.8 Å². The molecule has 0 aliphatic heterocycles. The minimum atomic E-state index is -0.756. The largest absolute Gasteiger partial charge is 0.496 e. The van der Waals surface area contributed by atoms with Gasteiger partial charge in [0.05, 0.1) is 19.8 Å². The van der Waals surface area contributed by atoms with Gasteiger partial charge in [0.1, 0.15) is 17.1 Å². The smallest absolute Gasteiger partial charge is 0.342 e. The van der Waals surface area contributed by atoms with E-state index < -0.39 is 24.4 Å². The Labute approximate surface area is 167 Å². The van der Waals surface area contributed by atoms with Crippen molar-refractivity contribution >= 4 is 28.6 Å². The van der Waals surface area contributed by atoms with Crippen LogP contribution < -0.4 is 14.8 Å². The normalized spacial score (nSPS) is 10.3. The SMILES string of the molecule is COc1ccccc1C(=O)NC(=O)COC(=O)c1cc2ccccc2cc1OC. The van der Waals surface area contributed by atoms with Crippen molar-refractivity contribution in [3.63, 3.8) is 0 Å². The number of fused-ring (bicyclic) bond motifs is 1. The molecule has 7 heteroatoms. The Balaban J connectivity index is 1.66. The molecule has 0 aliphatic carbocycles. The lowest BCUT2D eigenvalue weighted by Gasteiger charge is -2.11. The molecule has 0 bridgehead atoms. The molecule has 0 atom stereocenters. The molecule has 0 aromatic heterocycles. The number of para-hydroxylation sites is 1. The highest BCUT2D eigenvalue weighted by Crippen LogP contribution is 2.26. The molecule has 3 aromatic carbocycles. The van der Waals surface area contributed by atoms with Crippen LogP contribution in [0.1, 0.15) is 20.7 Å². The van der Waals surface area contributed by atoms with Crippen LogP contribution in [0, 0.1) is 0 Å². The van der Waals surface area contributed by atoms with E-state index in [4.69, 9.17) is 14.2 Å². The predicted molar refractivity (Wildman–Crippen MR) is 106 cm³/mol. The monoisotopic (exact) mass is 393 g/mol. The summed E-state index contributed by atoms with van der Waals surface area (Å²) < 4.78 is 15.4. The van der Waals surface area contributed by atoms with E-state index in [2.05, 4.69) is 5.32 Å². The zero-order chi connectivity index (χ0) is 20.8. The standard InChI is InChI=1S/C22H19NO6/c1-27-18-10-6-5-9-16(18)21(25)23-20(24)13-29-22(26)17-11-14-7-3-4-8-15(14)12-19(17)28-2/h3-12H,13H2,1-2H3,(H,23,24,25). The fourth-order valence-corrected chi connectivity index (χ4v) is 2.82. The number of esters is 1. The van der Waals surface area contributed by atoms with Crippen LogP contribution in [0.2, 0.25) is 0 Å². The molecule has 0 radical (unpaired) electrons. The summed E-state index contributed by atoms with van der Waals surface area (Å²) in [7, 11) is 2.87. The van der Waals surface area contributed by atoms with Crippen molar-refractivity contribution < 1.29 is 28.6 Å². The summed E-state index contributed by atoms with van der Waals surface area (Å²) in [6.07, 6.45) is 0. The zero-order valence-corrected chi connectivity index (χ0v) is 15.9. The summed E-state index contributed by atoms with van der Waals surface area (Å²) in [5.74, 6) is -1.47. The van der Waals surface area contributed by atoms with Gasteiger partial charge in [-0.25, -0.2) is 4.79 Å².